The molecular weight excluding hydrogens is 272 g/mol. The second-order valence-electron chi connectivity index (χ2n) is 6.41. The van der Waals surface area contributed by atoms with Crippen molar-refractivity contribution in [1.82, 2.24) is 9.80 Å². The minimum atomic E-state index is -0.906. The zero-order valence-corrected chi connectivity index (χ0v) is 12.7. The van der Waals surface area contributed by atoms with Gasteiger partial charge in [-0.1, -0.05) is 6.92 Å². The van der Waals surface area contributed by atoms with Crippen LogP contribution in [-0.4, -0.2) is 59.4 Å². The summed E-state index contributed by atoms with van der Waals surface area (Å²) in [5.74, 6) is -2.02. The third-order valence-electron chi connectivity index (χ3n) is 4.64. The van der Waals surface area contributed by atoms with Gasteiger partial charge in [0, 0.05) is 20.1 Å². The van der Waals surface area contributed by atoms with Gasteiger partial charge >= 0.3 is 5.97 Å². The summed E-state index contributed by atoms with van der Waals surface area (Å²) in [5, 5.41) is 9.24. The number of likely N-dealkylation sites (N-methyl/N-ethyl adjacent to an activating group) is 1. The standard InChI is InChI=1S/C15H24N2O4/c1-10-7-11(12(8-10)15(20)21)14(19)16(2)9-13(18)17-5-3-4-6-17/h10-12H,3-9H2,1-2H3,(H,20,21). The van der Waals surface area contributed by atoms with Gasteiger partial charge in [0.05, 0.1) is 18.4 Å². The van der Waals surface area contributed by atoms with Gasteiger partial charge in [-0.05, 0) is 31.6 Å². The number of likely N-dealkylation sites (tertiary alicyclic amines) is 1. The minimum absolute atomic E-state index is 0.0405. The van der Waals surface area contributed by atoms with Gasteiger partial charge in [-0.25, -0.2) is 0 Å². The van der Waals surface area contributed by atoms with Crippen molar-refractivity contribution in [2.75, 3.05) is 26.7 Å². The maximum absolute atomic E-state index is 12.4. The van der Waals surface area contributed by atoms with Crippen molar-refractivity contribution in [2.24, 2.45) is 17.8 Å². The summed E-state index contributed by atoms with van der Waals surface area (Å²) in [7, 11) is 1.60. The van der Waals surface area contributed by atoms with Gasteiger partial charge in [-0.2, -0.15) is 0 Å². The highest BCUT2D eigenvalue weighted by Gasteiger charge is 2.42. The van der Waals surface area contributed by atoms with Gasteiger partial charge in [0.1, 0.15) is 0 Å². The summed E-state index contributed by atoms with van der Waals surface area (Å²) in [6.07, 6.45) is 3.17. The molecule has 1 N–H and O–H groups in total. The van der Waals surface area contributed by atoms with E-state index >= 15 is 0 Å². The molecule has 1 saturated carbocycles. The van der Waals surface area contributed by atoms with Crippen LogP contribution in [0.3, 0.4) is 0 Å². The van der Waals surface area contributed by atoms with Crippen LogP contribution in [0.4, 0.5) is 0 Å². The molecule has 2 aliphatic rings. The fourth-order valence-corrected chi connectivity index (χ4v) is 3.47. The molecule has 0 aromatic carbocycles. The number of hydrogen-bond donors (Lipinski definition) is 1. The molecule has 3 unspecified atom stereocenters. The Morgan fingerprint density at radius 2 is 1.71 bits per heavy atom. The number of hydrogen-bond acceptors (Lipinski definition) is 3. The second kappa shape index (κ2) is 6.45. The average molecular weight is 296 g/mol. The zero-order valence-electron chi connectivity index (χ0n) is 12.7. The van der Waals surface area contributed by atoms with Crippen molar-refractivity contribution in [1.29, 1.82) is 0 Å². The van der Waals surface area contributed by atoms with Crippen LogP contribution in [-0.2, 0) is 14.4 Å². The quantitative estimate of drug-likeness (QED) is 0.833. The predicted molar refractivity (Wildman–Crippen MR) is 76.5 cm³/mol. The Morgan fingerprint density at radius 1 is 1.14 bits per heavy atom. The minimum Gasteiger partial charge on any atom is -0.481 e. The highest BCUT2D eigenvalue weighted by atomic mass is 16.4. The van der Waals surface area contributed by atoms with Crippen molar-refractivity contribution >= 4 is 17.8 Å². The van der Waals surface area contributed by atoms with Crippen LogP contribution in [0, 0.1) is 17.8 Å². The molecular formula is C15H24N2O4. The van der Waals surface area contributed by atoms with Gasteiger partial charge in [0.25, 0.3) is 0 Å². The van der Waals surface area contributed by atoms with E-state index in [9.17, 15) is 19.5 Å². The Labute approximate surface area is 125 Å². The van der Waals surface area contributed by atoms with Crippen LogP contribution in [0.5, 0.6) is 0 Å². The highest BCUT2D eigenvalue weighted by Crippen LogP contribution is 2.37. The van der Waals surface area contributed by atoms with Gasteiger partial charge in [0.2, 0.25) is 11.8 Å². The third-order valence-corrected chi connectivity index (χ3v) is 4.64. The third kappa shape index (κ3) is 3.54. The lowest BCUT2D eigenvalue weighted by Gasteiger charge is -2.25. The normalized spacial score (nSPS) is 28.7. The molecule has 0 bridgehead atoms. The Morgan fingerprint density at radius 3 is 2.29 bits per heavy atom. The van der Waals surface area contributed by atoms with E-state index in [0.717, 1.165) is 25.9 Å². The molecule has 6 nitrogen and oxygen atoms in total. The van der Waals surface area contributed by atoms with Crippen LogP contribution >= 0.6 is 0 Å². The van der Waals surface area contributed by atoms with E-state index in [1.165, 1.54) is 4.90 Å². The Balaban J connectivity index is 1.94. The molecule has 1 aliphatic heterocycles. The molecule has 2 fully saturated rings. The lowest BCUT2D eigenvalue weighted by Crippen LogP contribution is -2.43. The molecule has 2 amide bonds. The van der Waals surface area contributed by atoms with Crippen LogP contribution in [0.2, 0.25) is 0 Å². The molecule has 0 aromatic heterocycles. The first-order valence-electron chi connectivity index (χ1n) is 7.65. The molecule has 21 heavy (non-hydrogen) atoms. The van der Waals surface area contributed by atoms with Crippen LogP contribution < -0.4 is 0 Å². The van der Waals surface area contributed by atoms with Crippen molar-refractivity contribution in [3.63, 3.8) is 0 Å². The first-order chi connectivity index (χ1) is 9.90. The monoisotopic (exact) mass is 296 g/mol. The summed E-state index contributed by atoms with van der Waals surface area (Å²) >= 11 is 0. The number of carbonyl (C=O) groups is 3. The van der Waals surface area contributed by atoms with Gasteiger partial charge in [0.15, 0.2) is 0 Å². The number of nitrogens with zero attached hydrogens (tertiary/aromatic N) is 2. The molecule has 2 rings (SSSR count). The van der Waals surface area contributed by atoms with Gasteiger partial charge in [-0.15, -0.1) is 0 Å². The number of carbonyl (C=O) groups excluding carboxylic acids is 2. The zero-order chi connectivity index (χ0) is 15.6. The Hall–Kier alpha value is -1.59. The Bertz CT molecular complexity index is 431. The lowest BCUT2D eigenvalue weighted by atomic mass is 9.95. The highest BCUT2D eigenvalue weighted by molar-refractivity contribution is 5.89. The number of aliphatic carboxylic acids is 1. The number of amides is 2. The molecule has 0 spiro atoms. The maximum atomic E-state index is 12.4. The van der Waals surface area contributed by atoms with Crippen molar-refractivity contribution in [3.8, 4) is 0 Å². The summed E-state index contributed by atoms with van der Waals surface area (Å²) in [6, 6.07) is 0. The average Bonchev–Trinajstić information content (AvgIpc) is 3.06. The van der Waals surface area contributed by atoms with Gasteiger partial charge in [-0.3, -0.25) is 14.4 Å². The second-order valence-corrected chi connectivity index (χ2v) is 6.41. The first kappa shape index (κ1) is 15.8. The van der Waals surface area contributed by atoms with E-state index in [0.29, 0.717) is 12.8 Å². The van der Waals surface area contributed by atoms with Crippen molar-refractivity contribution in [2.45, 2.75) is 32.6 Å². The molecule has 0 radical (unpaired) electrons. The van der Waals surface area contributed by atoms with E-state index in [4.69, 9.17) is 0 Å². The fraction of sp³-hybridized carbons (Fsp3) is 0.800. The van der Waals surface area contributed by atoms with E-state index in [1.807, 2.05) is 6.92 Å². The smallest absolute Gasteiger partial charge is 0.307 e. The number of rotatable bonds is 4. The van der Waals surface area contributed by atoms with E-state index in [2.05, 4.69) is 0 Å². The molecule has 6 heteroatoms. The fourth-order valence-electron chi connectivity index (χ4n) is 3.47. The largest absolute Gasteiger partial charge is 0.481 e. The molecule has 118 valence electrons. The SMILES string of the molecule is CC1CC(C(=O)O)C(C(=O)N(C)CC(=O)N2CCCC2)C1. The van der Waals surface area contributed by atoms with Crippen molar-refractivity contribution < 1.29 is 19.5 Å². The van der Waals surface area contributed by atoms with E-state index in [1.54, 1.807) is 11.9 Å². The van der Waals surface area contributed by atoms with E-state index < -0.39 is 17.8 Å². The predicted octanol–water partition coefficient (Wildman–Crippen LogP) is 0.814. The van der Waals surface area contributed by atoms with Crippen molar-refractivity contribution in [3.05, 3.63) is 0 Å². The molecule has 1 saturated heterocycles. The van der Waals surface area contributed by atoms with E-state index in [-0.39, 0.29) is 24.3 Å². The van der Waals surface area contributed by atoms with Crippen LogP contribution in [0.25, 0.3) is 0 Å². The summed E-state index contributed by atoms with van der Waals surface area (Å²) in [6.45, 7) is 3.55. The summed E-state index contributed by atoms with van der Waals surface area (Å²) in [4.78, 5) is 39.0. The molecule has 1 heterocycles. The van der Waals surface area contributed by atoms with Crippen LogP contribution in [0.15, 0.2) is 0 Å². The molecule has 0 aromatic rings. The molecule has 3 atom stereocenters. The summed E-state index contributed by atoms with van der Waals surface area (Å²) in [5.41, 5.74) is 0. The number of carboxylic acid groups (broad SMARTS) is 1. The summed E-state index contributed by atoms with van der Waals surface area (Å²) < 4.78 is 0. The molecule has 1 aliphatic carbocycles. The Kier molecular flexibility index (Phi) is 4.85. The lowest BCUT2D eigenvalue weighted by molar-refractivity contribution is -0.149. The number of carboxylic acids is 1. The first-order valence-corrected chi connectivity index (χ1v) is 7.65. The topological polar surface area (TPSA) is 77.9 Å². The van der Waals surface area contributed by atoms with Gasteiger partial charge < -0.3 is 14.9 Å². The van der Waals surface area contributed by atoms with Crippen LogP contribution in [0.1, 0.15) is 32.6 Å². The maximum Gasteiger partial charge on any atom is 0.307 e.